The molecule has 7 aliphatic rings. The van der Waals surface area contributed by atoms with Crippen LogP contribution >= 0.6 is 0 Å². The fraction of sp³-hybridized carbons (Fsp3) is 0.622. The highest BCUT2D eigenvalue weighted by Crippen LogP contribution is 2.58. The first-order valence-electron chi connectivity index (χ1n) is 35.4. The van der Waals surface area contributed by atoms with Crippen molar-refractivity contribution in [2.24, 2.45) is 46.3 Å². The number of aryl methyl sites for hydroxylation is 4. The van der Waals surface area contributed by atoms with Crippen LogP contribution in [-0.4, -0.2) is 137 Å². The summed E-state index contributed by atoms with van der Waals surface area (Å²) in [5, 5.41) is 5.78. The lowest BCUT2D eigenvalue weighted by Gasteiger charge is -2.36. The number of carbonyl (C=O) groups excluding carboxylic acids is 6. The number of hydrogen-bond donors (Lipinski definition) is 2. The predicted octanol–water partition coefficient (Wildman–Crippen LogP) is 11.7. The zero-order valence-electron chi connectivity index (χ0n) is 58.7. The van der Waals surface area contributed by atoms with Gasteiger partial charge < -0.3 is 57.7 Å². The van der Waals surface area contributed by atoms with Gasteiger partial charge in [0.15, 0.2) is 24.8 Å². The van der Waals surface area contributed by atoms with E-state index >= 15 is 0 Å². The van der Waals surface area contributed by atoms with E-state index in [1.54, 1.807) is 22.2 Å². The SMILES string of the molecule is CC(=O)[C@@H]1[C@H](C)[C@@H]2CN1C(=O)[C@H](C(C)(C)C)NC(=O)O[C@@H]1C[C@H]1CCCCCc1nc3ccc(OCc4ncc(C)o4)cc3nc1O2.CC[C@@H]1[C@@H]2CN(C(=O)[C@H](C(C)(C)C)NC(=O)O[C@@H]3CC4CC4[C@H]3CCCCCc3nc4ccc(OCc5ncc(C)o5)cc4nc3O2)[C@@H]1C(C)=O. The Bertz CT molecular complexity index is 3930. The van der Waals surface area contributed by atoms with E-state index in [1.165, 1.54) is 20.3 Å². The molecule has 0 radical (unpaired) electrons. The van der Waals surface area contributed by atoms with Crippen LogP contribution in [0.2, 0.25) is 0 Å². The van der Waals surface area contributed by atoms with Gasteiger partial charge in [-0.05, 0) is 151 Å². The number of oxazole rings is 2. The van der Waals surface area contributed by atoms with Crippen molar-refractivity contribution in [2.75, 3.05) is 13.1 Å². The fourth-order valence-corrected chi connectivity index (χ4v) is 15.4. The van der Waals surface area contributed by atoms with E-state index in [0.717, 1.165) is 81.1 Å². The summed E-state index contributed by atoms with van der Waals surface area (Å²) < 4.78 is 48.1. The molecule has 5 fully saturated rings. The van der Waals surface area contributed by atoms with Crippen LogP contribution in [0, 0.1) is 60.2 Å². The molecule has 4 amide bonds. The summed E-state index contributed by atoms with van der Waals surface area (Å²) in [6.07, 6.45) is 13.5. The number of rotatable bonds is 9. The van der Waals surface area contributed by atoms with Gasteiger partial charge in [0, 0.05) is 24.0 Å². The van der Waals surface area contributed by atoms with Crippen LogP contribution < -0.4 is 29.6 Å². The molecule has 0 spiro atoms. The first-order chi connectivity index (χ1) is 46.8. The van der Waals surface area contributed by atoms with Gasteiger partial charge in [0.1, 0.15) is 70.9 Å². The van der Waals surface area contributed by atoms with E-state index in [9.17, 15) is 28.8 Å². The standard InChI is InChI=1S/C39H51N5O7.C35H45N5O7/c1-7-25-32-19-44(34(25)22(3)45)37(46)35(39(4,5)6)43-38(47)51-31-16-23-15-27(23)26(31)11-9-8-10-12-29-36(50-32)42-30-17-24(13-14-28(30)41-29)48-20-33-40-18-21(2)49-33;1-19-16-36-29(45-19)18-44-23-12-13-24-26(15-23)38-32-25(37-24)11-9-7-8-10-22-14-27(22)47-34(43)39-31(35(4,5)6)33(42)40-17-28(46-32)20(2)30(40)21(3)41/h13-14,17-18,23,25-27,31-32,34-35H,7-12,15-16,19-20H2,1-6H3,(H,43,47);12-13,15-16,20,22,27-28,30-31H,7-11,14,17-18H2,1-6H3,(H,39,43)/t23?,25-,26-,27?,31-,32+,34-,35-;20-,22-,27-,28+,30+,31-/m11/s1. The second-order valence-corrected chi connectivity index (χ2v) is 30.4. The maximum absolute atomic E-state index is 14.5. The van der Waals surface area contributed by atoms with Gasteiger partial charge in [-0.25, -0.2) is 39.5 Å². The summed E-state index contributed by atoms with van der Waals surface area (Å²) in [6, 6.07) is 7.90. The third-order valence-corrected chi connectivity index (χ3v) is 20.8. The Morgan fingerprint density at radius 2 is 1.05 bits per heavy atom. The topological polar surface area (TPSA) is 292 Å². The number of nitrogens with zero attached hydrogens (tertiary/aromatic N) is 8. The van der Waals surface area contributed by atoms with Gasteiger partial charge in [0.25, 0.3) is 0 Å². The third-order valence-electron chi connectivity index (χ3n) is 20.8. The lowest BCUT2D eigenvalue weighted by molar-refractivity contribution is -0.141. The molecule has 4 aliphatic heterocycles. The van der Waals surface area contributed by atoms with E-state index in [1.807, 2.05) is 106 Å². The third kappa shape index (κ3) is 15.8. The maximum atomic E-state index is 14.5. The lowest BCUT2D eigenvalue weighted by Crippen LogP contribution is -2.57. The number of ketones is 2. The molecule has 4 aromatic heterocycles. The Hall–Kier alpha value is -8.44. The van der Waals surface area contributed by atoms with Crippen molar-refractivity contribution in [3.05, 3.63) is 83.5 Å². The monoisotopic (exact) mass is 1350 g/mol. The fourth-order valence-electron chi connectivity index (χ4n) is 15.4. The van der Waals surface area contributed by atoms with E-state index in [2.05, 4.69) is 20.6 Å². The normalized spacial score (nSPS) is 28.5. The first kappa shape index (κ1) is 69.5. The van der Waals surface area contributed by atoms with Crippen molar-refractivity contribution in [1.29, 1.82) is 0 Å². The highest BCUT2D eigenvalue weighted by molar-refractivity contribution is 5.94. The van der Waals surface area contributed by atoms with Crippen LogP contribution in [0.15, 0.2) is 57.6 Å². The van der Waals surface area contributed by atoms with Crippen molar-refractivity contribution in [3.8, 4) is 23.3 Å². The number of alkyl carbamates (subject to hydrolysis) is 2. The second kappa shape index (κ2) is 28.8. The summed E-state index contributed by atoms with van der Waals surface area (Å²) in [5.74, 6) is 4.72. The molecular weight excluding hydrogens is 1250 g/mol. The van der Waals surface area contributed by atoms with Crippen molar-refractivity contribution < 1.29 is 66.0 Å². The molecule has 3 aliphatic carbocycles. The van der Waals surface area contributed by atoms with Crippen LogP contribution in [0.25, 0.3) is 22.1 Å². The Morgan fingerprint density at radius 3 is 1.55 bits per heavy atom. The molecule has 24 heteroatoms. The molecule has 98 heavy (non-hydrogen) atoms. The van der Waals surface area contributed by atoms with Crippen molar-refractivity contribution in [2.45, 2.75) is 235 Å². The summed E-state index contributed by atoms with van der Waals surface area (Å²) >= 11 is 0. The molecular formula is C74H96N10O14. The molecule has 14 atom stereocenters. The van der Waals surface area contributed by atoms with E-state index in [0.29, 0.717) is 106 Å². The van der Waals surface area contributed by atoms with Gasteiger partial charge in [-0.3, -0.25) is 19.2 Å². The van der Waals surface area contributed by atoms with E-state index in [4.69, 9.17) is 57.2 Å². The smallest absolute Gasteiger partial charge is 0.408 e. The Morgan fingerprint density at radius 1 is 0.561 bits per heavy atom. The van der Waals surface area contributed by atoms with Crippen molar-refractivity contribution in [1.82, 2.24) is 50.3 Å². The quantitative estimate of drug-likeness (QED) is 0.136. The largest absolute Gasteiger partial charge is 0.484 e. The summed E-state index contributed by atoms with van der Waals surface area (Å²) in [6.45, 7) is 22.7. The second-order valence-electron chi connectivity index (χ2n) is 30.4. The molecule has 2 aromatic carbocycles. The number of fused-ring (bicyclic) bond motifs is 12. The number of ether oxygens (including phenoxy) is 6. The van der Waals surface area contributed by atoms with Crippen LogP contribution in [0.3, 0.4) is 0 Å². The molecule has 4 bridgehead atoms. The molecule has 6 aromatic rings. The lowest BCUT2D eigenvalue weighted by atomic mass is 9.85. The molecule has 24 nitrogen and oxygen atoms in total. The van der Waals surface area contributed by atoms with E-state index in [-0.39, 0.29) is 73.7 Å². The number of carbonyl (C=O) groups is 6. The summed E-state index contributed by atoms with van der Waals surface area (Å²) in [7, 11) is 0. The molecule has 2 unspecified atom stereocenters. The highest BCUT2D eigenvalue weighted by Gasteiger charge is 2.56. The van der Waals surface area contributed by atoms with Crippen LogP contribution in [0.1, 0.15) is 181 Å². The van der Waals surface area contributed by atoms with Gasteiger partial charge >= 0.3 is 12.2 Å². The minimum absolute atomic E-state index is 0.122. The molecule has 3 saturated carbocycles. The van der Waals surface area contributed by atoms with Crippen LogP contribution in [0.5, 0.6) is 23.3 Å². The number of aromatic nitrogens is 6. The van der Waals surface area contributed by atoms with Gasteiger partial charge in [-0.1, -0.05) is 81.1 Å². The number of amides is 4. The predicted molar refractivity (Wildman–Crippen MR) is 360 cm³/mol. The molecule has 8 heterocycles. The van der Waals surface area contributed by atoms with Crippen LogP contribution in [-0.2, 0) is 54.7 Å². The van der Waals surface area contributed by atoms with Gasteiger partial charge in [0.05, 0.1) is 59.6 Å². The van der Waals surface area contributed by atoms with Crippen molar-refractivity contribution >= 4 is 57.6 Å². The summed E-state index contributed by atoms with van der Waals surface area (Å²) in [5.41, 5.74) is 2.88. The number of benzene rings is 2. The Labute approximate surface area is 572 Å². The minimum Gasteiger partial charge on any atom is -0.484 e. The first-order valence-corrected chi connectivity index (χ1v) is 35.4. The van der Waals surface area contributed by atoms with E-state index < -0.39 is 59.4 Å². The number of hydrogen-bond acceptors (Lipinski definition) is 20. The minimum atomic E-state index is -0.897. The van der Waals surface area contributed by atoms with Gasteiger partial charge in [-0.2, -0.15) is 0 Å². The van der Waals surface area contributed by atoms with Gasteiger partial charge in [-0.15, -0.1) is 0 Å². The molecule has 2 N–H and O–H groups in total. The van der Waals surface area contributed by atoms with Gasteiger partial charge in [0.2, 0.25) is 35.4 Å². The average Bonchev–Trinajstić information content (AvgIpc) is 1.62. The molecule has 13 rings (SSSR count). The molecule has 2 saturated heterocycles. The Kier molecular flexibility index (Phi) is 20.4. The highest BCUT2D eigenvalue weighted by atomic mass is 16.6. The summed E-state index contributed by atoms with van der Waals surface area (Å²) in [4.78, 5) is 113. The Balaban J connectivity index is 0.000000187. The average molecular weight is 1350 g/mol. The molecule has 526 valence electrons. The number of Topliss-reactive ketones (excluding diaryl/α,β-unsaturated/α-hetero) is 2. The van der Waals surface area contributed by atoms with Crippen LogP contribution in [0.4, 0.5) is 9.59 Å². The van der Waals surface area contributed by atoms with Crippen molar-refractivity contribution in [3.63, 3.8) is 0 Å². The maximum Gasteiger partial charge on any atom is 0.408 e. The number of nitrogens with one attached hydrogen (secondary N) is 2. The zero-order chi connectivity index (χ0) is 69.5. The zero-order valence-corrected chi connectivity index (χ0v) is 58.7.